The summed E-state index contributed by atoms with van der Waals surface area (Å²) in [4.78, 5) is 0. The minimum atomic E-state index is -0.743. The molecule has 44 heavy (non-hydrogen) atoms. The van der Waals surface area contributed by atoms with E-state index in [1.807, 2.05) is 18.2 Å². The van der Waals surface area contributed by atoms with Gasteiger partial charge in [0, 0.05) is 17.8 Å². The van der Waals surface area contributed by atoms with Crippen LogP contribution >= 0.6 is 0 Å². The lowest BCUT2D eigenvalue weighted by Crippen LogP contribution is -2.23. The van der Waals surface area contributed by atoms with Gasteiger partial charge in [-0.15, -0.1) is 0 Å². The Hall–Kier alpha value is -2.83. The first-order chi connectivity index (χ1) is 21.3. The predicted molar refractivity (Wildman–Crippen MR) is 190 cm³/mol. The Morgan fingerprint density at radius 1 is 0.682 bits per heavy atom. The highest BCUT2D eigenvalue weighted by atomic mass is 32.2. The molecule has 242 valence electrons. The third-order valence-corrected chi connectivity index (χ3v) is 10.4. The monoisotopic (exact) mass is 620 g/mol. The topological polar surface area (TPSA) is 93.6 Å². The highest BCUT2D eigenvalue weighted by Gasteiger charge is 2.20. The second-order valence-electron chi connectivity index (χ2n) is 11.9. The van der Waals surface area contributed by atoms with Gasteiger partial charge < -0.3 is 25.5 Å². The van der Waals surface area contributed by atoms with E-state index in [1.165, 1.54) is 71.0 Å². The fraction of sp³-hybridized carbons (Fsp3) is 0.526. The number of hydrogen-bond donors (Lipinski definition) is 2. The summed E-state index contributed by atoms with van der Waals surface area (Å²) >= 11 is -0.743. The standard InChI is InChI=1S/C20H28N2.C18H28O3S/c1-5-13-9-17(10-14(6-2)19(13)21)18-11-15(7-3)20(22)16(8-4)12-18;1-3-4-5-6-7-8-11-22(19)15(2)12-16-9-10-17-18(13-16)21-14-20-17/h9-12H,5-8,21-22H2,1-4H3;9-10,13,15H,3-8,11-12,14H2,1-2H3. The van der Waals surface area contributed by atoms with E-state index in [4.69, 9.17) is 20.9 Å². The zero-order valence-electron chi connectivity index (χ0n) is 28.1. The lowest BCUT2D eigenvalue weighted by Gasteiger charge is -2.18. The quantitative estimate of drug-likeness (QED) is 0.100. The molecule has 3 aromatic rings. The van der Waals surface area contributed by atoms with Crippen molar-refractivity contribution in [1.29, 1.82) is 0 Å². The first-order valence-electron chi connectivity index (χ1n) is 16.8. The van der Waals surface area contributed by atoms with E-state index in [-0.39, 0.29) is 5.25 Å². The number of hydrogen-bond acceptors (Lipinski definition) is 5. The largest absolute Gasteiger partial charge is 0.616 e. The molecule has 2 atom stereocenters. The lowest BCUT2D eigenvalue weighted by atomic mass is 9.92. The van der Waals surface area contributed by atoms with Crippen molar-refractivity contribution in [3.8, 4) is 22.6 Å². The van der Waals surface area contributed by atoms with Crippen LogP contribution in [0.5, 0.6) is 11.5 Å². The smallest absolute Gasteiger partial charge is 0.231 e. The average molecular weight is 621 g/mol. The Bertz CT molecular complexity index is 1220. The number of fused-ring (bicyclic) bond motifs is 1. The molecule has 1 aliphatic heterocycles. The minimum absolute atomic E-state index is 0.191. The first kappa shape index (κ1) is 35.6. The van der Waals surface area contributed by atoms with E-state index < -0.39 is 11.2 Å². The average Bonchev–Trinajstić information content (AvgIpc) is 3.51. The molecule has 0 saturated heterocycles. The van der Waals surface area contributed by atoms with Crippen LogP contribution in [0.4, 0.5) is 11.4 Å². The zero-order chi connectivity index (χ0) is 32.1. The minimum Gasteiger partial charge on any atom is -0.616 e. The van der Waals surface area contributed by atoms with Crippen LogP contribution in [0, 0.1) is 0 Å². The number of rotatable bonds is 15. The van der Waals surface area contributed by atoms with Gasteiger partial charge in [-0.2, -0.15) is 0 Å². The van der Waals surface area contributed by atoms with Crippen LogP contribution in [0.3, 0.4) is 0 Å². The SMILES string of the molecule is CCCCCCCC[S+]([O-])C(C)Cc1ccc2c(c1)OCO2.CCc1cc(-c2cc(CC)c(N)c(CC)c2)cc(CC)c1N. The van der Waals surface area contributed by atoms with E-state index in [1.54, 1.807) is 0 Å². The predicted octanol–water partition coefficient (Wildman–Crippen LogP) is 9.22. The van der Waals surface area contributed by atoms with Gasteiger partial charge in [-0.05, 0) is 121 Å². The Morgan fingerprint density at radius 2 is 1.16 bits per heavy atom. The summed E-state index contributed by atoms with van der Waals surface area (Å²) in [5.74, 6) is 2.45. The fourth-order valence-corrected chi connectivity index (χ4v) is 7.05. The lowest BCUT2D eigenvalue weighted by molar-refractivity contribution is 0.174. The third-order valence-electron chi connectivity index (χ3n) is 8.67. The molecule has 2 unspecified atom stereocenters. The Balaban J connectivity index is 0.000000240. The van der Waals surface area contributed by atoms with E-state index >= 15 is 0 Å². The molecule has 4 N–H and O–H groups in total. The Morgan fingerprint density at radius 3 is 1.66 bits per heavy atom. The number of ether oxygens (including phenoxy) is 2. The fourth-order valence-electron chi connectivity index (χ4n) is 5.78. The van der Waals surface area contributed by atoms with Gasteiger partial charge in [0.05, 0.1) is 0 Å². The first-order valence-corrected chi connectivity index (χ1v) is 18.2. The number of nitrogen functional groups attached to an aromatic ring is 2. The number of anilines is 2. The highest BCUT2D eigenvalue weighted by Crippen LogP contribution is 2.34. The molecule has 0 amide bonds. The van der Waals surface area contributed by atoms with Crippen molar-refractivity contribution in [2.45, 2.75) is 117 Å². The molecule has 0 spiro atoms. The summed E-state index contributed by atoms with van der Waals surface area (Å²) in [7, 11) is 0. The van der Waals surface area contributed by atoms with E-state index in [2.05, 4.69) is 65.8 Å². The van der Waals surface area contributed by atoms with Gasteiger partial charge in [-0.3, -0.25) is 0 Å². The van der Waals surface area contributed by atoms with E-state index in [0.29, 0.717) is 6.79 Å². The van der Waals surface area contributed by atoms with Crippen molar-refractivity contribution in [3.63, 3.8) is 0 Å². The molecule has 0 bridgehead atoms. The van der Waals surface area contributed by atoms with E-state index in [9.17, 15) is 4.55 Å². The summed E-state index contributed by atoms with van der Waals surface area (Å²) in [6.45, 7) is 13.3. The molecule has 1 aliphatic rings. The van der Waals surface area contributed by atoms with Crippen molar-refractivity contribution in [1.82, 2.24) is 0 Å². The summed E-state index contributed by atoms with van der Waals surface area (Å²) < 4.78 is 23.0. The molecule has 0 aromatic heterocycles. The van der Waals surface area contributed by atoms with Crippen LogP contribution in [0.25, 0.3) is 11.1 Å². The maximum atomic E-state index is 12.3. The summed E-state index contributed by atoms with van der Waals surface area (Å²) in [6, 6.07) is 14.9. The van der Waals surface area contributed by atoms with Crippen LogP contribution in [0.1, 0.15) is 108 Å². The van der Waals surface area contributed by atoms with Gasteiger partial charge in [-0.1, -0.05) is 77.5 Å². The maximum absolute atomic E-state index is 12.3. The molecule has 0 aliphatic carbocycles. The summed E-state index contributed by atoms with van der Waals surface area (Å²) in [6.07, 6.45) is 12.2. The van der Waals surface area contributed by atoms with Gasteiger partial charge in [0.1, 0.15) is 11.0 Å². The number of unbranched alkanes of at least 4 members (excludes halogenated alkanes) is 5. The van der Waals surface area contributed by atoms with Crippen molar-refractivity contribution in [2.24, 2.45) is 0 Å². The molecule has 1 heterocycles. The van der Waals surface area contributed by atoms with Crippen LogP contribution < -0.4 is 20.9 Å². The van der Waals surface area contributed by atoms with Crippen LogP contribution in [0.15, 0.2) is 42.5 Å². The second kappa shape index (κ2) is 18.2. The molecule has 6 heteroatoms. The molecule has 0 fully saturated rings. The van der Waals surface area contributed by atoms with Crippen LogP contribution in [-0.2, 0) is 43.3 Å². The summed E-state index contributed by atoms with van der Waals surface area (Å²) in [5.41, 5.74) is 23.1. The van der Waals surface area contributed by atoms with Crippen molar-refractivity contribution >= 4 is 22.6 Å². The van der Waals surface area contributed by atoms with Gasteiger partial charge in [0.25, 0.3) is 0 Å². The molecular weight excluding hydrogens is 564 g/mol. The van der Waals surface area contributed by atoms with Crippen molar-refractivity contribution in [2.75, 3.05) is 24.0 Å². The van der Waals surface area contributed by atoms with Gasteiger partial charge in [0.15, 0.2) is 11.5 Å². The van der Waals surface area contributed by atoms with Crippen molar-refractivity contribution in [3.05, 3.63) is 70.3 Å². The maximum Gasteiger partial charge on any atom is 0.231 e. The Kier molecular flexibility index (Phi) is 14.8. The van der Waals surface area contributed by atoms with Crippen LogP contribution in [-0.4, -0.2) is 22.3 Å². The third kappa shape index (κ3) is 9.84. The number of benzene rings is 3. The molecule has 0 radical (unpaired) electrons. The van der Waals surface area contributed by atoms with Crippen LogP contribution in [0.2, 0.25) is 0 Å². The highest BCUT2D eigenvalue weighted by molar-refractivity contribution is 7.91. The molecule has 0 saturated carbocycles. The molecule has 4 rings (SSSR count). The Labute approximate surface area is 270 Å². The second-order valence-corrected chi connectivity index (χ2v) is 13.9. The molecule has 5 nitrogen and oxygen atoms in total. The zero-order valence-corrected chi connectivity index (χ0v) is 28.9. The van der Waals surface area contributed by atoms with Gasteiger partial charge >= 0.3 is 0 Å². The van der Waals surface area contributed by atoms with Gasteiger partial charge in [-0.25, -0.2) is 0 Å². The molecular formula is C38H56N2O3S. The normalized spacial score (nSPS) is 13.3. The van der Waals surface area contributed by atoms with E-state index in [0.717, 1.165) is 67.2 Å². The van der Waals surface area contributed by atoms with Crippen molar-refractivity contribution < 1.29 is 14.0 Å². The number of nitrogens with two attached hydrogens (primary N) is 2. The summed E-state index contributed by atoms with van der Waals surface area (Å²) in [5, 5.41) is 0.191. The molecule has 3 aromatic carbocycles. The van der Waals surface area contributed by atoms with Gasteiger partial charge in [0.2, 0.25) is 6.79 Å². The number of aryl methyl sites for hydroxylation is 4.